The molecule has 1 aliphatic rings. The van der Waals surface area contributed by atoms with Crippen molar-refractivity contribution in [1.29, 1.82) is 0 Å². The lowest BCUT2D eigenvalue weighted by Gasteiger charge is -2.43. The molecule has 0 radical (unpaired) electrons. The molecule has 1 fully saturated rings. The van der Waals surface area contributed by atoms with E-state index in [1.807, 2.05) is 0 Å². The molecule has 0 saturated carbocycles. The zero-order valence-electron chi connectivity index (χ0n) is 9.15. The predicted molar refractivity (Wildman–Crippen MR) is 52.2 cm³/mol. The first-order chi connectivity index (χ1) is 7.40. The third-order valence-corrected chi connectivity index (χ3v) is 2.75. The van der Waals surface area contributed by atoms with Crippen molar-refractivity contribution in [2.45, 2.75) is 37.6 Å². The number of likely N-dealkylation sites (N-methyl/N-ethyl adjacent to an activating group) is 1. The number of hydrogen-bond acceptors (Lipinski definition) is 6. The first-order valence-corrected chi connectivity index (χ1v) is 4.94. The largest absolute Gasteiger partial charge is 0.394 e. The van der Waals surface area contributed by atoms with Crippen LogP contribution in [-0.4, -0.2) is 75.5 Å². The minimum Gasteiger partial charge on any atom is -0.394 e. The summed E-state index contributed by atoms with van der Waals surface area (Å²) in [6.45, 7) is 0.772. The molecule has 94 valence electrons. The standard InChI is InChI=1S/C9H17NO6/c1-4(12)10(2)9-8(15)7(14)6(13)5(3-11)16-9/h5-9,11,13-15H,3H2,1-2H3/t5?,6-,7?,8?,9+/m0/s1. The van der Waals surface area contributed by atoms with E-state index in [9.17, 15) is 20.1 Å². The molecule has 5 atom stereocenters. The number of rotatable bonds is 2. The summed E-state index contributed by atoms with van der Waals surface area (Å²) in [6.07, 6.45) is -6.35. The van der Waals surface area contributed by atoms with Crippen molar-refractivity contribution in [3.8, 4) is 0 Å². The summed E-state index contributed by atoms with van der Waals surface area (Å²) in [5.74, 6) is -0.357. The summed E-state index contributed by atoms with van der Waals surface area (Å²) in [4.78, 5) is 12.2. The van der Waals surface area contributed by atoms with Crippen molar-refractivity contribution < 1.29 is 30.0 Å². The maximum absolute atomic E-state index is 11.1. The highest BCUT2D eigenvalue weighted by molar-refractivity contribution is 5.73. The third kappa shape index (κ3) is 2.33. The molecule has 16 heavy (non-hydrogen) atoms. The van der Waals surface area contributed by atoms with Gasteiger partial charge in [-0.05, 0) is 0 Å². The second kappa shape index (κ2) is 5.07. The fourth-order valence-corrected chi connectivity index (χ4v) is 1.58. The van der Waals surface area contributed by atoms with Gasteiger partial charge in [-0.15, -0.1) is 0 Å². The monoisotopic (exact) mass is 235 g/mol. The molecule has 3 unspecified atom stereocenters. The van der Waals surface area contributed by atoms with Gasteiger partial charge in [0, 0.05) is 14.0 Å². The predicted octanol–water partition coefficient (Wildman–Crippen LogP) is -2.74. The van der Waals surface area contributed by atoms with E-state index in [4.69, 9.17) is 9.84 Å². The maximum atomic E-state index is 11.1. The van der Waals surface area contributed by atoms with E-state index >= 15 is 0 Å². The summed E-state index contributed by atoms with van der Waals surface area (Å²) in [5.41, 5.74) is 0. The molecule has 1 amide bonds. The fraction of sp³-hybridized carbons (Fsp3) is 0.889. The van der Waals surface area contributed by atoms with Crippen LogP contribution in [-0.2, 0) is 9.53 Å². The molecule has 1 rings (SSSR count). The van der Waals surface area contributed by atoms with E-state index in [0.29, 0.717) is 0 Å². The van der Waals surface area contributed by atoms with Gasteiger partial charge in [0.25, 0.3) is 0 Å². The minimum atomic E-state index is -1.46. The van der Waals surface area contributed by atoms with Crippen molar-refractivity contribution in [2.75, 3.05) is 13.7 Å². The zero-order valence-corrected chi connectivity index (χ0v) is 9.15. The van der Waals surface area contributed by atoms with Crippen LogP contribution in [0.2, 0.25) is 0 Å². The number of carbonyl (C=O) groups excluding carboxylic acids is 1. The Labute approximate surface area is 92.9 Å². The Kier molecular flexibility index (Phi) is 4.22. The van der Waals surface area contributed by atoms with Gasteiger partial charge in [0.05, 0.1) is 6.61 Å². The van der Waals surface area contributed by atoms with Crippen molar-refractivity contribution in [3.05, 3.63) is 0 Å². The van der Waals surface area contributed by atoms with E-state index in [-0.39, 0.29) is 5.91 Å². The molecule has 0 aromatic rings. The van der Waals surface area contributed by atoms with Crippen LogP contribution in [0.15, 0.2) is 0 Å². The zero-order chi connectivity index (χ0) is 12.5. The minimum absolute atomic E-state index is 0.357. The molecule has 0 spiro atoms. The Morgan fingerprint density at radius 2 is 1.81 bits per heavy atom. The lowest BCUT2D eigenvalue weighted by Crippen LogP contribution is -2.63. The molecule has 0 bridgehead atoms. The highest BCUT2D eigenvalue weighted by Crippen LogP contribution is 2.22. The molecule has 4 N–H and O–H groups in total. The van der Waals surface area contributed by atoms with E-state index in [0.717, 1.165) is 4.90 Å². The summed E-state index contributed by atoms with van der Waals surface area (Å²) in [6, 6.07) is 0. The van der Waals surface area contributed by atoms with Gasteiger partial charge in [0.1, 0.15) is 24.4 Å². The second-order valence-corrected chi connectivity index (χ2v) is 3.85. The Morgan fingerprint density at radius 3 is 2.25 bits per heavy atom. The Morgan fingerprint density at radius 1 is 1.25 bits per heavy atom. The van der Waals surface area contributed by atoms with Crippen LogP contribution in [0.4, 0.5) is 0 Å². The number of nitrogens with zero attached hydrogens (tertiary/aromatic N) is 1. The topological polar surface area (TPSA) is 110 Å². The van der Waals surface area contributed by atoms with Gasteiger partial charge in [-0.3, -0.25) is 4.79 Å². The lowest BCUT2D eigenvalue weighted by molar-refractivity contribution is -0.259. The molecule has 0 aromatic heterocycles. The average molecular weight is 235 g/mol. The number of aliphatic hydroxyl groups is 4. The summed E-state index contributed by atoms with van der Waals surface area (Å²) >= 11 is 0. The van der Waals surface area contributed by atoms with E-state index in [1.165, 1.54) is 14.0 Å². The first-order valence-electron chi connectivity index (χ1n) is 4.94. The van der Waals surface area contributed by atoms with Crippen LogP contribution in [0.1, 0.15) is 6.92 Å². The van der Waals surface area contributed by atoms with Crippen molar-refractivity contribution in [2.24, 2.45) is 0 Å². The molecule has 7 nitrogen and oxygen atoms in total. The molecule has 0 aromatic carbocycles. The highest BCUT2D eigenvalue weighted by atomic mass is 16.6. The Balaban J connectivity index is 2.82. The SMILES string of the molecule is CC(=O)N(C)[C@@H]1OC(CO)[C@H](O)C(O)C1O. The lowest BCUT2D eigenvalue weighted by atomic mass is 9.98. The van der Waals surface area contributed by atoms with Crippen LogP contribution in [0.25, 0.3) is 0 Å². The average Bonchev–Trinajstić information content (AvgIpc) is 2.25. The van der Waals surface area contributed by atoms with Gasteiger partial charge in [0.2, 0.25) is 5.91 Å². The van der Waals surface area contributed by atoms with Gasteiger partial charge in [0.15, 0.2) is 6.23 Å². The quantitative estimate of drug-likeness (QED) is 0.413. The van der Waals surface area contributed by atoms with E-state index in [2.05, 4.69) is 0 Å². The summed E-state index contributed by atoms with van der Waals surface area (Å²) in [7, 11) is 1.40. The first kappa shape index (κ1) is 13.3. The number of hydrogen-bond donors (Lipinski definition) is 4. The van der Waals surface area contributed by atoms with Crippen molar-refractivity contribution in [3.63, 3.8) is 0 Å². The number of carbonyl (C=O) groups is 1. The number of ether oxygens (including phenoxy) is 1. The Hall–Kier alpha value is -0.730. The molecular weight excluding hydrogens is 218 g/mol. The number of amides is 1. The van der Waals surface area contributed by atoms with Crippen LogP contribution >= 0.6 is 0 Å². The van der Waals surface area contributed by atoms with Crippen LogP contribution in [0, 0.1) is 0 Å². The van der Waals surface area contributed by atoms with Crippen molar-refractivity contribution in [1.82, 2.24) is 4.90 Å². The molecule has 7 heteroatoms. The Bertz CT molecular complexity index is 258. The van der Waals surface area contributed by atoms with Gasteiger partial charge < -0.3 is 30.1 Å². The molecule has 1 aliphatic heterocycles. The number of aliphatic hydroxyl groups excluding tert-OH is 4. The van der Waals surface area contributed by atoms with E-state index < -0.39 is 37.3 Å². The normalized spacial score (nSPS) is 39.5. The van der Waals surface area contributed by atoms with Gasteiger partial charge in [-0.1, -0.05) is 0 Å². The molecule has 1 heterocycles. The van der Waals surface area contributed by atoms with E-state index in [1.54, 1.807) is 0 Å². The molecule has 0 aliphatic carbocycles. The van der Waals surface area contributed by atoms with Crippen LogP contribution in [0.5, 0.6) is 0 Å². The second-order valence-electron chi connectivity index (χ2n) is 3.85. The van der Waals surface area contributed by atoms with Gasteiger partial charge >= 0.3 is 0 Å². The van der Waals surface area contributed by atoms with Crippen LogP contribution < -0.4 is 0 Å². The summed E-state index contributed by atoms with van der Waals surface area (Å²) in [5, 5.41) is 37.5. The maximum Gasteiger partial charge on any atom is 0.221 e. The third-order valence-electron chi connectivity index (χ3n) is 2.75. The molecule has 1 saturated heterocycles. The highest BCUT2D eigenvalue weighted by Gasteiger charge is 2.45. The molecular formula is C9H17NO6. The summed E-state index contributed by atoms with van der Waals surface area (Å²) < 4.78 is 5.15. The van der Waals surface area contributed by atoms with Gasteiger partial charge in [-0.2, -0.15) is 0 Å². The van der Waals surface area contributed by atoms with Crippen LogP contribution in [0.3, 0.4) is 0 Å². The fourth-order valence-electron chi connectivity index (χ4n) is 1.58. The van der Waals surface area contributed by atoms with Crippen molar-refractivity contribution >= 4 is 5.91 Å². The van der Waals surface area contributed by atoms with Gasteiger partial charge in [-0.25, -0.2) is 0 Å². The smallest absolute Gasteiger partial charge is 0.221 e.